The minimum absolute atomic E-state index is 0.183. The third kappa shape index (κ3) is 5.77. The van der Waals surface area contributed by atoms with Gasteiger partial charge >= 0.3 is 6.03 Å². The van der Waals surface area contributed by atoms with E-state index in [9.17, 15) is 14.4 Å². The van der Waals surface area contributed by atoms with Crippen LogP contribution in [0.3, 0.4) is 0 Å². The Morgan fingerprint density at radius 2 is 1.59 bits per heavy atom. The van der Waals surface area contributed by atoms with Crippen molar-refractivity contribution < 1.29 is 28.6 Å². The van der Waals surface area contributed by atoms with Gasteiger partial charge in [0.2, 0.25) is 0 Å². The molecule has 0 aromatic heterocycles. The van der Waals surface area contributed by atoms with E-state index in [1.54, 1.807) is 36.4 Å². The van der Waals surface area contributed by atoms with Crippen LogP contribution in [-0.2, 0) is 16.2 Å². The van der Waals surface area contributed by atoms with E-state index in [4.69, 9.17) is 14.2 Å². The Bertz CT molecular complexity index is 1390. The van der Waals surface area contributed by atoms with Crippen LogP contribution in [-0.4, -0.2) is 32.1 Å². The number of nitrogens with one attached hydrogen (secondary N) is 1. The Labute approximate surface area is 228 Å². The fraction of sp³-hybridized carbons (Fsp3) is 0.179. The first-order valence-electron chi connectivity index (χ1n) is 11.3. The molecule has 3 aromatic carbocycles. The van der Waals surface area contributed by atoms with Crippen molar-refractivity contribution in [1.82, 2.24) is 5.32 Å². The summed E-state index contributed by atoms with van der Waals surface area (Å²) in [6, 6.07) is 15.3. The van der Waals surface area contributed by atoms with Gasteiger partial charge in [-0.05, 0) is 90.0 Å². The van der Waals surface area contributed by atoms with Gasteiger partial charge in [-0.15, -0.1) is 0 Å². The van der Waals surface area contributed by atoms with E-state index in [1.807, 2.05) is 13.8 Å². The summed E-state index contributed by atoms with van der Waals surface area (Å²) in [5.41, 5.74) is 4.01. The number of methoxy groups -OCH3 is 2. The molecule has 8 nitrogen and oxygen atoms in total. The summed E-state index contributed by atoms with van der Waals surface area (Å²) < 4.78 is 17.5. The Kier molecular flexibility index (Phi) is 7.82. The second-order valence-electron chi connectivity index (χ2n) is 8.47. The molecule has 37 heavy (non-hydrogen) atoms. The Morgan fingerprint density at radius 1 is 0.919 bits per heavy atom. The zero-order valence-corrected chi connectivity index (χ0v) is 22.9. The van der Waals surface area contributed by atoms with Crippen LogP contribution in [0.15, 0.2) is 60.2 Å². The highest BCUT2D eigenvalue weighted by Gasteiger charge is 2.36. The van der Waals surface area contributed by atoms with E-state index >= 15 is 0 Å². The summed E-state index contributed by atoms with van der Waals surface area (Å²) in [4.78, 5) is 39.2. The van der Waals surface area contributed by atoms with Gasteiger partial charge in [-0.25, -0.2) is 9.69 Å². The van der Waals surface area contributed by atoms with Gasteiger partial charge in [0, 0.05) is 0 Å². The second-order valence-corrected chi connectivity index (χ2v) is 9.64. The predicted molar refractivity (Wildman–Crippen MR) is 148 cm³/mol. The number of carbonyl (C=O) groups is 3. The van der Waals surface area contributed by atoms with Gasteiger partial charge in [0.15, 0.2) is 11.5 Å². The molecule has 0 bridgehead atoms. The number of halogens is 1. The fourth-order valence-corrected chi connectivity index (χ4v) is 4.84. The van der Waals surface area contributed by atoms with Crippen molar-refractivity contribution in [2.45, 2.75) is 20.5 Å². The third-order valence-electron chi connectivity index (χ3n) is 5.66. The highest BCUT2D eigenvalue weighted by Crippen LogP contribution is 2.36. The van der Waals surface area contributed by atoms with E-state index in [0.717, 1.165) is 25.2 Å². The summed E-state index contributed by atoms with van der Waals surface area (Å²) >= 11 is 2.12. The molecule has 3 aromatic rings. The van der Waals surface area contributed by atoms with Gasteiger partial charge in [0.05, 0.1) is 23.5 Å². The monoisotopic (exact) mass is 612 g/mol. The number of urea groups is 1. The van der Waals surface area contributed by atoms with E-state index < -0.39 is 17.8 Å². The van der Waals surface area contributed by atoms with Crippen LogP contribution in [0.1, 0.15) is 22.3 Å². The standard InChI is InChI=1S/C28H25IN2O6/c1-16-9-17(2)11-19(10-16)15-37-25-23(29)13-18(14-24(25)36-4)12-22-26(32)30-28(34)31(27(22)33)20-5-7-21(35-3)8-6-20/h5-14H,15H2,1-4H3,(H,30,32,34)/b22-12+. The first-order valence-corrected chi connectivity index (χ1v) is 12.4. The normalized spacial score (nSPS) is 14.6. The molecular formula is C28H25IN2O6. The zero-order chi connectivity index (χ0) is 26.7. The quantitative estimate of drug-likeness (QED) is 0.225. The number of hydrogen-bond donors (Lipinski definition) is 1. The third-order valence-corrected chi connectivity index (χ3v) is 6.46. The lowest BCUT2D eigenvalue weighted by Gasteiger charge is -2.26. The van der Waals surface area contributed by atoms with Crippen molar-refractivity contribution in [2.75, 3.05) is 19.1 Å². The SMILES string of the molecule is COc1ccc(N2C(=O)NC(=O)/C(=C\c3cc(I)c(OCc4cc(C)cc(C)c4)c(OC)c3)C2=O)cc1. The van der Waals surface area contributed by atoms with Crippen LogP contribution in [0.5, 0.6) is 17.2 Å². The van der Waals surface area contributed by atoms with Crippen molar-refractivity contribution in [2.24, 2.45) is 0 Å². The molecule has 0 atom stereocenters. The highest BCUT2D eigenvalue weighted by atomic mass is 127. The average Bonchev–Trinajstić information content (AvgIpc) is 2.85. The molecule has 1 aliphatic heterocycles. The lowest BCUT2D eigenvalue weighted by atomic mass is 10.1. The number of ether oxygens (including phenoxy) is 3. The number of benzene rings is 3. The predicted octanol–water partition coefficient (Wildman–Crippen LogP) is 5.17. The van der Waals surface area contributed by atoms with E-state index in [1.165, 1.54) is 20.3 Å². The number of nitrogens with zero attached hydrogens (tertiary/aromatic N) is 1. The van der Waals surface area contributed by atoms with Crippen LogP contribution in [0.25, 0.3) is 6.08 Å². The van der Waals surface area contributed by atoms with Gasteiger partial charge in [-0.3, -0.25) is 14.9 Å². The summed E-state index contributed by atoms with van der Waals surface area (Å²) in [6.07, 6.45) is 1.43. The van der Waals surface area contributed by atoms with Crippen LogP contribution in [0.2, 0.25) is 0 Å². The lowest BCUT2D eigenvalue weighted by Crippen LogP contribution is -2.54. The largest absolute Gasteiger partial charge is 0.497 e. The van der Waals surface area contributed by atoms with E-state index in [-0.39, 0.29) is 5.57 Å². The van der Waals surface area contributed by atoms with Gasteiger partial charge in [-0.1, -0.05) is 29.3 Å². The lowest BCUT2D eigenvalue weighted by molar-refractivity contribution is -0.122. The first-order chi connectivity index (χ1) is 17.7. The van der Waals surface area contributed by atoms with Crippen molar-refractivity contribution >= 4 is 52.2 Å². The van der Waals surface area contributed by atoms with Gasteiger partial charge < -0.3 is 14.2 Å². The summed E-state index contributed by atoms with van der Waals surface area (Å²) in [5, 5.41) is 2.23. The summed E-state index contributed by atoms with van der Waals surface area (Å²) in [7, 11) is 3.04. The molecule has 190 valence electrons. The molecule has 0 spiro atoms. The molecule has 4 amide bonds. The first kappa shape index (κ1) is 26.2. The maximum atomic E-state index is 13.2. The Hall–Kier alpha value is -3.86. The molecule has 1 fully saturated rings. The van der Waals surface area contributed by atoms with E-state index in [0.29, 0.717) is 35.1 Å². The smallest absolute Gasteiger partial charge is 0.335 e. The van der Waals surface area contributed by atoms with E-state index in [2.05, 4.69) is 46.1 Å². The molecule has 1 N–H and O–H groups in total. The number of barbiturate groups is 1. The minimum Gasteiger partial charge on any atom is -0.497 e. The Balaban J connectivity index is 1.63. The molecule has 4 rings (SSSR count). The molecule has 9 heteroatoms. The van der Waals surface area contributed by atoms with Gasteiger partial charge in [-0.2, -0.15) is 0 Å². The number of hydrogen-bond acceptors (Lipinski definition) is 6. The van der Waals surface area contributed by atoms with Crippen molar-refractivity contribution in [3.05, 3.63) is 86.0 Å². The van der Waals surface area contributed by atoms with Gasteiger partial charge in [0.1, 0.15) is 17.9 Å². The number of carbonyl (C=O) groups excluding carboxylic acids is 3. The zero-order valence-electron chi connectivity index (χ0n) is 20.8. The van der Waals surface area contributed by atoms with Crippen molar-refractivity contribution in [3.8, 4) is 17.2 Å². The summed E-state index contributed by atoms with van der Waals surface area (Å²) in [6.45, 7) is 4.43. The van der Waals surface area contributed by atoms with Crippen LogP contribution < -0.4 is 24.4 Å². The topological polar surface area (TPSA) is 94.2 Å². The van der Waals surface area contributed by atoms with Crippen LogP contribution in [0, 0.1) is 17.4 Å². The second kappa shape index (κ2) is 11.0. The van der Waals surface area contributed by atoms with Crippen LogP contribution in [0.4, 0.5) is 10.5 Å². The number of aryl methyl sites for hydroxylation is 2. The fourth-order valence-electron chi connectivity index (χ4n) is 4.06. The average molecular weight is 612 g/mol. The van der Waals surface area contributed by atoms with Crippen LogP contribution >= 0.6 is 22.6 Å². The Morgan fingerprint density at radius 3 is 2.22 bits per heavy atom. The van der Waals surface area contributed by atoms with Crippen molar-refractivity contribution in [1.29, 1.82) is 0 Å². The number of imide groups is 2. The number of anilines is 1. The molecule has 1 heterocycles. The molecule has 0 unspecified atom stereocenters. The maximum Gasteiger partial charge on any atom is 0.335 e. The number of amides is 4. The molecule has 0 radical (unpaired) electrons. The summed E-state index contributed by atoms with van der Waals surface area (Å²) in [5.74, 6) is 0.0719. The minimum atomic E-state index is -0.820. The molecule has 1 saturated heterocycles. The molecule has 0 aliphatic carbocycles. The molecule has 0 saturated carbocycles. The van der Waals surface area contributed by atoms with Crippen molar-refractivity contribution in [3.63, 3.8) is 0 Å². The molecule has 1 aliphatic rings. The number of rotatable bonds is 7. The maximum absolute atomic E-state index is 13.2. The highest BCUT2D eigenvalue weighted by molar-refractivity contribution is 14.1. The molecular weight excluding hydrogens is 587 g/mol. The van der Waals surface area contributed by atoms with Gasteiger partial charge in [0.25, 0.3) is 11.8 Å².